The summed E-state index contributed by atoms with van der Waals surface area (Å²) in [6.45, 7) is 7.14. The van der Waals surface area contributed by atoms with Crippen LogP contribution in [0.3, 0.4) is 0 Å². The summed E-state index contributed by atoms with van der Waals surface area (Å²) in [6, 6.07) is 0. The predicted molar refractivity (Wildman–Crippen MR) is 60.6 cm³/mol. The Morgan fingerprint density at radius 1 is 1.20 bits per heavy atom. The summed E-state index contributed by atoms with van der Waals surface area (Å²) < 4.78 is 3.05. The van der Waals surface area contributed by atoms with Gasteiger partial charge in [-0.15, -0.1) is 0 Å². The number of nitrogens with zero attached hydrogens (tertiary/aromatic N) is 2. The zero-order valence-corrected chi connectivity index (χ0v) is 10.4. The molecule has 0 aliphatic carbocycles. The molecule has 0 bridgehead atoms. The van der Waals surface area contributed by atoms with Gasteiger partial charge in [-0.25, -0.2) is 3.11 Å². The lowest BCUT2D eigenvalue weighted by Crippen LogP contribution is -2.44. The SMILES string of the molecule is CC(I)N1CCN(I)CC1. The van der Waals surface area contributed by atoms with E-state index in [1.807, 2.05) is 0 Å². The van der Waals surface area contributed by atoms with Crippen molar-refractivity contribution in [3.63, 3.8) is 0 Å². The van der Waals surface area contributed by atoms with Crippen molar-refractivity contribution < 1.29 is 0 Å². The minimum absolute atomic E-state index is 0.697. The van der Waals surface area contributed by atoms with E-state index < -0.39 is 0 Å². The van der Waals surface area contributed by atoms with E-state index in [9.17, 15) is 0 Å². The Labute approximate surface area is 90.0 Å². The van der Waals surface area contributed by atoms with E-state index in [1.54, 1.807) is 0 Å². The molecule has 0 N–H and O–H groups in total. The van der Waals surface area contributed by atoms with Gasteiger partial charge in [0, 0.05) is 49.0 Å². The zero-order valence-electron chi connectivity index (χ0n) is 6.06. The van der Waals surface area contributed by atoms with Crippen molar-refractivity contribution >= 4 is 45.5 Å². The van der Waals surface area contributed by atoms with Gasteiger partial charge in [0.1, 0.15) is 0 Å². The van der Waals surface area contributed by atoms with E-state index in [2.05, 4.69) is 60.4 Å². The fraction of sp³-hybridized carbons (Fsp3) is 1.00. The Hall–Kier alpha value is 1.38. The minimum Gasteiger partial charge on any atom is -0.289 e. The summed E-state index contributed by atoms with van der Waals surface area (Å²) in [5.41, 5.74) is 0. The molecule has 1 saturated heterocycles. The van der Waals surface area contributed by atoms with Crippen LogP contribution in [0.25, 0.3) is 0 Å². The third-order valence-electron chi connectivity index (χ3n) is 1.76. The molecule has 10 heavy (non-hydrogen) atoms. The van der Waals surface area contributed by atoms with E-state index in [-0.39, 0.29) is 0 Å². The van der Waals surface area contributed by atoms with Crippen LogP contribution in [0, 0.1) is 0 Å². The highest BCUT2D eigenvalue weighted by molar-refractivity contribution is 14.1. The zero-order chi connectivity index (χ0) is 7.56. The van der Waals surface area contributed by atoms with Crippen LogP contribution in [0.15, 0.2) is 0 Å². The van der Waals surface area contributed by atoms with E-state index in [0.29, 0.717) is 4.05 Å². The van der Waals surface area contributed by atoms with Crippen molar-refractivity contribution in [1.82, 2.24) is 8.01 Å². The summed E-state index contributed by atoms with van der Waals surface area (Å²) in [7, 11) is 0. The molecular weight excluding hydrogens is 354 g/mol. The molecule has 1 fully saturated rings. The van der Waals surface area contributed by atoms with Crippen molar-refractivity contribution in [2.75, 3.05) is 26.2 Å². The number of rotatable bonds is 1. The smallest absolute Gasteiger partial charge is 0.0590 e. The molecule has 0 aromatic carbocycles. The molecule has 0 saturated carbocycles. The minimum atomic E-state index is 0.697. The first-order valence-corrected chi connectivity index (χ1v) is 5.70. The molecule has 0 radical (unpaired) electrons. The first kappa shape index (κ1) is 9.47. The normalized spacial score (nSPS) is 26.7. The molecule has 1 unspecified atom stereocenters. The van der Waals surface area contributed by atoms with Crippen LogP contribution < -0.4 is 0 Å². The van der Waals surface area contributed by atoms with E-state index >= 15 is 0 Å². The predicted octanol–water partition coefficient (Wildman–Crippen LogP) is 1.74. The standard InChI is InChI=1S/C6H12I2N2/c1-6(7)9-2-4-10(8)5-3-9/h6H,2-5H2,1H3. The maximum atomic E-state index is 2.51. The van der Waals surface area contributed by atoms with Gasteiger partial charge < -0.3 is 0 Å². The van der Waals surface area contributed by atoms with Gasteiger partial charge in [-0.1, -0.05) is 22.6 Å². The molecule has 4 heteroatoms. The fourth-order valence-corrected chi connectivity index (χ4v) is 2.04. The number of alkyl halides is 1. The molecule has 1 atom stereocenters. The third kappa shape index (κ3) is 2.78. The van der Waals surface area contributed by atoms with Crippen LogP contribution in [0.2, 0.25) is 0 Å². The topological polar surface area (TPSA) is 6.48 Å². The number of halogens is 2. The van der Waals surface area contributed by atoms with Crippen LogP contribution in [-0.4, -0.2) is 38.2 Å². The van der Waals surface area contributed by atoms with Gasteiger partial charge in [0.05, 0.1) is 4.05 Å². The average Bonchev–Trinajstić information content (AvgIpc) is 1.88. The molecular formula is C6H12I2N2. The Bertz CT molecular complexity index is 99.9. The molecule has 1 heterocycles. The lowest BCUT2D eigenvalue weighted by Gasteiger charge is -2.32. The molecule has 0 aromatic rings. The van der Waals surface area contributed by atoms with Gasteiger partial charge in [0.25, 0.3) is 0 Å². The van der Waals surface area contributed by atoms with Gasteiger partial charge in [-0.3, -0.25) is 4.90 Å². The number of hydrogen-bond donors (Lipinski definition) is 0. The molecule has 1 rings (SSSR count). The summed E-state index contributed by atoms with van der Waals surface area (Å²) in [5, 5.41) is 0. The molecule has 0 spiro atoms. The highest BCUT2D eigenvalue weighted by Crippen LogP contribution is 2.12. The van der Waals surface area contributed by atoms with Gasteiger partial charge >= 0.3 is 0 Å². The molecule has 0 aromatic heterocycles. The van der Waals surface area contributed by atoms with Crippen LogP contribution in [0.4, 0.5) is 0 Å². The van der Waals surface area contributed by atoms with Gasteiger partial charge in [0.15, 0.2) is 0 Å². The highest BCUT2D eigenvalue weighted by Gasteiger charge is 2.16. The second-order valence-electron chi connectivity index (χ2n) is 2.52. The molecule has 1 aliphatic rings. The lowest BCUT2D eigenvalue weighted by molar-refractivity contribution is 0.207. The third-order valence-corrected chi connectivity index (χ3v) is 3.52. The highest BCUT2D eigenvalue weighted by atomic mass is 127. The summed E-state index contributed by atoms with van der Waals surface area (Å²) >= 11 is 4.87. The second-order valence-corrected chi connectivity index (χ2v) is 5.69. The van der Waals surface area contributed by atoms with Gasteiger partial charge in [0.2, 0.25) is 0 Å². The van der Waals surface area contributed by atoms with Crippen molar-refractivity contribution in [3.8, 4) is 0 Å². The molecule has 1 aliphatic heterocycles. The van der Waals surface area contributed by atoms with Gasteiger partial charge in [-0.05, 0) is 6.92 Å². The van der Waals surface area contributed by atoms with Gasteiger partial charge in [-0.2, -0.15) is 0 Å². The Kier molecular flexibility index (Phi) is 4.18. The maximum absolute atomic E-state index is 2.51. The van der Waals surface area contributed by atoms with Crippen molar-refractivity contribution in [1.29, 1.82) is 0 Å². The first-order valence-electron chi connectivity index (χ1n) is 3.49. The van der Waals surface area contributed by atoms with E-state index in [4.69, 9.17) is 0 Å². The van der Waals surface area contributed by atoms with E-state index in [1.165, 1.54) is 26.2 Å². The average molecular weight is 366 g/mol. The second kappa shape index (κ2) is 4.42. The summed E-state index contributed by atoms with van der Waals surface area (Å²) in [6.07, 6.45) is 0. The first-order chi connectivity index (χ1) is 4.70. The molecule has 0 amide bonds. The number of hydrogen-bond acceptors (Lipinski definition) is 2. The van der Waals surface area contributed by atoms with Crippen LogP contribution in [0.5, 0.6) is 0 Å². The quantitative estimate of drug-likeness (QED) is 0.302. The number of piperazine rings is 1. The molecule has 60 valence electrons. The molecule has 2 nitrogen and oxygen atoms in total. The largest absolute Gasteiger partial charge is 0.289 e. The summed E-state index contributed by atoms with van der Waals surface area (Å²) in [5.74, 6) is 0. The monoisotopic (exact) mass is 366 g/mol. The van der Waals surface area contributed by atoms with E-state index in [0.717, 1.165) is 0 Å². The summed E-state index contributed by atoms with van der Waals surface area (Å²) in [4.78, 5) is 2.51. The Balaban J connectivity index is 2.26. The van der Waals surface area contributed by atoms with Crippen LogP contribution in [0.1, 0.15) is 6.92 Å². The lowest BCUT2D eigenvalue weighted by atomic mass is 10.4. The van der Waals surface area contributed by atoms with Crippen molar-refractivity contribution in [2.45, 2.75) is 11.0 Å². The Morgan fingerprint density at radius 3 is 2.10 bits per heavy atom. The van der Waals surface area contributed by atoms with Crippen molar-refractivity contribution in [3.05, 3.63) is 0 Å². The fourth-order valence-electron chi connectivity index (χ4n) is 1.05. The van der Waals surface area contributed by atoms with Crippen LogP contribution >= 0.6 is 45.5 Å². The van der Waals surface area contributed by atoms with Crippen molar-refractivity contribution in [2.24, 2.45) is 0 Å². The maximum Gasteiger partial charge on any atom is 0.0590 e. The van der Waals surface area contributed by atoms with Crippen LogP contribution in [-0.2, 0) is 0 Å². The Morgan fingerprint density at radius 2 is 1.70 bits per heavy atom.